The lowest BCUT2D eigenvalue weighted by Gasteiger charge is -2.19. The maximum Gasteiger partial charge on any atom is 0.407 e. The van der Waals surface area contributed by atoms with Crippen molar-refractivity contribution in [1.29, 1.82) is 0 Å². The van der Waals surface area contributed by atoms with E-state index in [1.54, 1.807) is 6.92 Å². The van der Waals surface area contributed by atoms with Crippen LogP contribution in [-0.2, 0) is 4.74 Å². The van der Waals surface area contributed by atoms with E-state index in [1.807, 2.05) is 51.1 Å². The van der Waals surface area contributed by atoms with Crippen LogP contribution in [0.4, 0.5) is 4.79 Å². The number of Topliss-reactive ketones (excluding diaryl/α,β-unsaturated/α-hetero) is 1. The molecule has 382 valence electrons. The number of carbonyl (C=O) groups excluding carboxylic acids is 2. The minimum absolute atomic E-state index is 0.0623. The van der Waals surface area contributed by atoms with E-state index in [2.05, 4.69) is 192 Å². The molecule has 0 aliphatic heterocycles. The van der Waals surface area contributed by atoms with Gasteiger partial charge >= 0.3 is 6.09 Å². The van der Waals surface area contributed by atoms with Crippen molar-refractivity contribution in [2.75, 3.05) is 39.3 Å². The number of rotatable bonds is 17. The smallest absolute Gasteiger partial charge is 0.407 e. The Morgan fingerprint density at radius 3 is 1.20 bits per heavy atom. The van der Waals surface area contributed by atoms with Crippen LogP contribution in [0, 0.1) is 0 Å². The Bertz CT molecular complexity index is 2840. The third-order valence-electron chi connectivity index (χ3n) is 11.3. The van der Waals surface area contributed by atoms with Gasteiger partial charge in [0, 0.05) is 110 Å². The molecule has 12 N–H and O–H groups in total. The maximum atomic E-state index is 11.5. The van der Waals surface area contributed by atoms with Crippen LogP contribution in [0.2, 0.25) is 0 Å². The third-order valence-corrected chi connectivity index (χ3v) is 13.3. The van der Waals surface area contributed by atoms with Crippen LogP contribution in [0.5, 0.6) is 0 Å². The number of amides is 1. The number of nitrogens with one attached hydrogen (secondary N) is 8. The SMILES string of the molecule is CC(=O)c1cc2cc(Br)ccc2[nH]1.CC(NCCCN)c1cc2cc(Br)ccc2[nH]1.CC(NCCCN)c1cc2cc(Br)ccc2[nH]1.CC(NCCCNC(=O)OC(C)(C)C)c1cc2cc(Br)ccc2[nH]1. The minimum Gasteiger partial charge on any atom is -0.444 e. The maximum absolute atomic E-state index is 11.5. The predicted octanol–water partition coefficient (Wildman–Crippen LogP) is 13.5. The molecule has 17 heteroatoms. The van der Waals surface area contributed by atoms with Gasteiger partial charge in [0.05, 0.1) is 5.69 Å². The first-order valence-electron chi connectivity index (χ1n) is 24.0. The van der Waals surface area contributed by atoms with Gasteiger partial charge in [-0.15, -0.1) is 0 Å². The molecular formula is C54H70Br4N10O3. The van der Waals surface area contributed by atoms with Crippen molar-refractivity contribution in [2.45, 2.75) is 91.5 Å². The van der Waals surface area contributed by atoms with Crippen molar-refractivity contribution in [3.63, 3.8) is 0 Å². The number of hydrogen-bond acceptors (Lipinski definition) is 8. The number of aromatic amines is 4. The summed E-state index contributed by atoms with van der Waals surface area (Å²) in [5.41, 5.74) is 19.2. The minimum atomic E-state index is -0.457. The van der Waals surface area contributed by atoms with Gasteiger partial charge in [-0.05, 0) is 191 Å². The van der Waals surface area contributed by atoms with Gasteiger partial charge in [0.15, 0.2) is 5.78 Å². The number of halogens is 4. The van der Waals surface area contributed by atoms with Gasteiger partial charge in [-0.2, -0.15) is 0 Å². The summed E-state index contributed by atoms with van der Waals surface area (Å²) in [5, 5.41) is 17.9. The second-order valence-electron chi connectivity index (χ2n) is 18.4. The summed E-state index contributed by atoms with van der Waals surface area (Å²) in [6.07, 6.45) is 2.50. The highest BCUT2D eigenvalue weighted by Gasteiger charge is 2.16. The molecular weight excluding hydrogens is 1160 g/mol. The standard InChI is InChI=1S/C18H26BrN3O2.2C13H18BrN3.C10H8BrNO/c1-12(16-11-13-10-14(19)6-7-15(13)22-16)20-8-5-9-21-17(23)24-18(2,3)4;2*1-9(16-6-2-5-15)13-8-10-7-11(14)3-4-12(10)17-13;1-6(13)10-5-7-4-8(11)2-3-9(7)12-10/h6-7,10-12,20,22H,5,8-9H2,1-4H3,(H,21,23);2*3-4,7-9,16-17H,2,5-6,15H2,1H3;2-5,12H,1H3. The van der Waals surface area contributed by atoms with E-state index in [9.17, 15) is 9.59 Å². The van der Waals surface area contributed by atoms with Gasteiger partial charge in [0.1, 0.15) is 5.60 Å². The molecule has 0 bridgehead atoms. The topological polar surface area (TPSA) is 207 Å². The average Bonchev–Trinajstić information content (AvgIpc) is 4.13. The van der Waals surface area contributed by atoms with Crippen molar-refractivity contribution >= 4 is 119 Å². The van der Waals surface area contributed by atoms with E-state index >= 15 is 0 Å². The van der Waals surface area contributed by atoms with E-state index in [0.717, 1.165) is 92.0 Å². The zero-order valence-electron chi connectivity index (χ0n) is 41.7. The second kappa shape index (κ2) is 28.2. The molecule has 3 unspecified atom stereocenters. The first-order valence-corrected chi connectivity index (χ1v) is 27.2. The third kappa shape index (κ3) is 18.9. The van der Waals surface area contributed by atoms with Gasteiger partial charge < -0.3 is 57.4 Å². The number of fused-ring (bicyclic) bond motifs is 4. The summed E-state index contributed by atoms with van der Waals surface area (Å²) < 4.78 is 9.52. The van der Waals surface area contributed by atoms with Gasteiger partial charge in [0.2, 0.25) is 0 Å². The van der Waals surface area contributed by atoms with E-state index in [0.29, 0.717) is 24.3 Å². The first kappa shape index (κ1) is 57.6. The zero-order valence-corrected chi connectivity index (χ0v) is 48.1. The summed E-state index contributed by atoms with van der Waals surface area (Å²) in [5.74, 6) is 0.0623. The van der Waals surface area contributed by atoms with Crippen molar-refractivity contribution in [1.82, 2.24) is 41.2 Å². The monoisotopic (exact) mass is 1220 g/mol. The quantitative estimate of drug-likeness (QED) is 0.0313. The Morgan fingerprint density at radius 1 is 0.521 bits per heavy atom. The molecule has 0 aliphatic carbocycles. The molecule has 1 amide bonds. The van der Waals surface area contributed by atoms with Crippen LogP contribution in [0.1, 0.15) is 113 Å². The molecule has 13 nitrogen and oxygen atoms in total. The molecule has 0 saturated carbocycles. The van der Waals surface area contributed by atoms with Crippen LogP contribution in [0.3, 0.4) is 0 Å². The molecule has 0 saturated heterocycles. The highest BCUT2D eigenvalue weighted by molar-refractivity contribution is 9.11. The molecule has 0 fully saturated rings. The summed E-state index contributed by atoms with van der Waals surface area (Å²) in [6, 6.07) is 33.9. The second-order valence-corrected chi connectivity index (χ2v) is 22.1. The summed E-state index contributed by atoms with van der Waals surface area (Å²) in [7, 11) is 0. The lowest BCUT2D eigenvalue weighted by molar-refractivity contribution is 0.0527. The molecule has 8 aromatic rings. The molecule has 71 heavy (non-hydrogen) atoms. The number of ketones is 1. The molecule has 8 rings (SSSR count). The Hall–Kier alpha value is -4.30. The molecule has 3 atom stereocenters. The first-order chi connectivity index (χ1) is 33.8. The van der Waals surface area contributed by atoms with Gasteiger partial charge in [-0.1, -0.05) is 63.7 Å². The largest absolute Gasteiger partial charge is 0.444 e. The fraction of sp³-hybridized carbons (Fsp3) is 0.370. The fourth-order valence-electron chi connectivity index (χ4n) is 7.45. The van der Waals surface area contributed by atoms with Crippen LogP contribution >= 0.6 is 63.7 Å². The van der Waals surface area contributed by atoms with Crippen LogP contribution < -0.4 is 32.7 Å². The van der Waals surface area contributed by atoms with Crippen LogP contribution in [0.25, 0.3) is 43.6 Å². The number of ether oxygens (including phenoxy) is 1. The van der Waals surface area contributed by atoms with Gasteiger partial charge in [-0.25, -0.2) is 4.79 Å². The van der Waals surface area contributed by atoms with E-state index in [1.165, 1.54) is 38.6 Å². The van der Waals surface area contributed by atoms with E-state index < -0.39 is 5.60 Å². The van der Waals surface area contributed by atoms with Crippen LogP contribution in [-0.4, -0.2) is 76.7 Å². The van der Waals surface area contributed by atoms with Crippen LogP contribution in [0.15, 0.2) is 115 Å². The number of aromatic nitrogens is 4. The summed E-state index contributed by atoms with van der Waals surface area (Å²) in [6.45, 7) is 18.4. The number of H-pyrrole nitrogens is 4. The van der Waals surface area contributed by atoms with E-state index in [-0.39, 0.29) is 17.9 Å². The van der Waals surface area contributed by atoms with Gasteiger partial charge in [0.25, 0.3) is 0 Å². The number of nitrogens with two attached hydrogens (primary N) is 2. The highest BCUT2D eigenvalue weighted by atomic mass is 79.9. The number of hydrogen-bond donors (Lipinski definition) is 10. The Labute approximate surface area is 451 Å². The molecule has 0 radical (unpaired) electrons. The summed E-state index contributed by atoms with van der Waals surface area (Å²) in [4.78, 5) is 36.0. The normalized spacial score (nSPS) is 12.6. The predicted molar refractivity (Wildman–Crippen MR) is 309 cm³/mol. The molecule has 4 aromatic carbocycles. The molecule has 4 aromatic heterocycles. The highest BCUT2D eigenvalue weighted by Crippen LogP contribution is 2.26. The molecule has 0 aliphatic rings. The number of benzene rings is 4. The Balaban J connectivity index is 0.000000180. The lowest BCUT2D eigenvalue weighted by Crippen LogP contribution is -2.34. The Kier molecular flexibility index (Phi) is 22.9. The lowest BCUT2D eigenvalue weighted by atomic mass is 10.2. The molecule has 4 heterocycles. The van der Waals surface area contributed by atoms with Crippen molar-refractivity contribution in [3.05, 3.63) is 138 Å². The zero-order chi connectivity index (χ0) is 51.7. The number of carbonyl (C=O) groups is 2. The van der Waals surface area contributed by atoms with Crippen molar-refractivity contribution in [3.8, 4) is 0 Å². The van der Waals surface area contributed by atoms with E-state index in [4.69, 9.17) is 16.2 Å². The van der Waals surface area contributed by atoms with Crippen molar-refractivity contribution in [2.24, 2.45) is 11.5 Å². The number of alkyl carbamates (subject to hydrolysis) is 1. The average molecular weight is 1230 g/mol. The van der Waals surface area contributed by atoms with Gasteiger partial charge in [-0.3, -0.25) is 4.79 Å². The molecule has 0 spiro atoms. The van der Waals surface area contributed by atoms with Crippen molar-refractivity contribution < 1.29 is 14.3 Å². The summed E-state index contributed by atoms with van der Waals surface area (Å²) >= 11 is 13.8. The Morgan fingerprint density at radius 2 is 0.859 bits per heavy atom. The fourth-order valence-corrected chi connectivity index (χ4v) is 8.97.